The third-order valence-corrected chi connectivity index (χ3v) is 4.49. The molecular formula is C22H42O8P2. The minimum atomic E-state index is -1.18. The van der Waals surface area contributed by atoms with Gasteiger partial charge in [0.2, 0.25) is 0 Å². The Labute approximate surface area is 197 Å². The average Bonchev–Trinajstić information content (AvgIpc) is 2.65. The Morgan fingerprint density at radius 3 is 1.78 bits per heavy atom. The van der Waals surface area contributed by atoms with Crippen molar-refractivity contribution in [2.24, 2.45) is 0 Å². The molecule has 0 bridgehead atoms. The molecule has 8 nitrogen and oxygen atoms in total. The standard InChI is InChI=1S/C22H42O8P2/c1-15(2)29-16(3)13-26-20(24)22(8,32)28-12-10-9-11-27-21(6,7)19(23)25-14-17(4)30-18(5)31/h9-10,15-18H,11-14,31-32H2,1-8H3/b10-9+. The highest BCUT2D eigenvalue weighted by Crippen LogP contribution is 2.21. The number of ether oxygens (including phenoxy) is 6. The number of rotatable bonds is 16. The van der Waals surface area contributed by atoms with Gasteiger partial charge in [-0.2, -0.15) is 0 Å². The Morgan fingerprint density at radius 1 is 0.812 bits per heavy atom. The van der Waals surface area contributed by atoms with Crippen LogP contribution in [0.3, 0.4) is 0 Å². The summed E-state index contributed by atoms with van der Waals surface area (Å²) in [6.07, 6.45) is 3.07. The third-order valence-electron chi connectivity index (χ3n) is 3.93. The molecular weight excluding hydrogens is 454 g/mol. The molecule has 0 radical (unpaired) electrons. The molecule has 0 fully saturated rings. The first-order valence-corrected chi connectivity index (χ1v) is 12.0. The number of carbonyl (C=O) groups is 2. The fourth-order valence-electron chi connectivity index (χ4n) is 2.34. The first-order valence-electron chi connectivity index (χ1n) is 10.8. The molecule has 6 atom stereocenters. The Kier molecular flexibility index (Phi) is 15.0. The van der Waals surface area contributed by atoms with Gasteiger partial charge in [0.15, 0.2) is 10.9 Å². The van der Waals surface area contributed by atoms with Gasteiger partial charge in [0, 0.05) is 0 Å². The van der Waals surface area contributed by atoms with E-state index in [0.29, 0.717) is 0 Å². The molecule has 0 aliphatic rings. The summed E-state index contributed by atoms with van der Waals surface area (Å²) < 4.78 is 32.8. The molecule has 0 aromatic heterocycles. The van der Waals surface area contributed by atoms with Gasteiger partial charge in [-0.15, -0.1) is 9.24 Å². The van der Waals surface area contributed by atoms with Gasteiger partial charge in [-0.05, 0) is 55.4 Å². The zero-order chi connectivity index (χ0) is 24.9. The molecule has 0 aliphatic carbocycles. The van der Waals surface area contributed by atoms with Crippen molar-refractivity contribution in [2.75, 3.05) is 26.4 Å². The van der Waals surface area contributed by atoms with E-state index in [1.165, 1.54) is 0 Å². The minimum Gasteiger partial charge on any atom is -0.461 e. The van der Waals surface area contributed by atoms with Gasteiger partial charge >= 0.3 is 11.9 Å². The van der Waals surface area contributed by atoms with Crippen LogP contribution in [-0.2, 0) is 38.0 Å². The van der Waals surface area contributed by atoms with Crippen LogP contribution in [0.1, 0.15) is 55.4 Å². The molecule has 188 valence electrons. The minimum absolute atomic E-state index is 0.0204. The second-order valence-electron chi connectivity index (χ2n) is 8.55. The van der Waals surface area contributed by atoms with Crippen molar-refractivity contribution in [1.82, 2.24) is 0 Å². The maximum atomic E-state index is 12.2. The second-order valence-corrected chi connectivity index (χ2v) is 10.6. The molecule has 0 saturated carbocycles. The topological polar surface area (TPSA) is 89.5 Å². The molecule has 6 unspecified atom stereocenters. The molecule has 0 aromatic carbocycles. The van der Waals surface area contributed by atoms with Crippen LogP contribution < -0.4 is 0 Å². The van der Waals surface area contributed by atoms with E-state index in [4.69, 9.17) is 28.4 Å². The summed E-state index contributed by atoms with van der Waals surface area (Å²) in [4.78, 5) is 24.4. The fourth-order valence-corrected chi connectivity index (χ4v) is 2.79. The summed E-state index contributed by atoms with van der Waals surface area (Å²) in [5, 5.41) is -1.18. The molecule has 0 heterocycles. The van der Waals surface area contributed by atoms with Gasteiger partial charge in [-0.25, -0.2) is 9.59 Å². The molecule has 32 heavy (non-hydrogen) atoms. The van der Waals surface area contributed by atoms with Crippen LogP contribution in [0.4, 0.5) is 0 Å². The maximum absolute atomic E-state index is 12.2. The van der Waals surface area contributed by atoms with Gasteiger partial charge in [0.05, 0.1) is 37.4 Å². The van der Waals surface area contributed by atoms with Crippen LogP contribution in [0.25, 0.3) is 0 Å². The highest BCUT2D eigenvalue weighted by atomic mass is 31.0. The lowest BCUT2D eigenvalue weighted by Gasteiger charge is -2.24. The van der Waals surface area contributed by atoms with E-state index < -0.39 is 22.9 Å². The molecule has 0 N–H and O–H groups in total. The van der Waals surface area contributed by atoms with E-state index in [9.17, 15) is 9.59 Å². The largest absolute Gasteiger partial charge is 0.461 e. The number of carbonyl (C=O) groups excluding carboxylic acids is 2. The molecule has 0 rings (SSSR count). The SMILES string of the molecule is CC(C)OC(C)COC(=O)C(C)(P)OC/C=C/COC(C)(C)C(=O)OCC(C)OC(C)P. The van der Waals surface area contributed by atoms with Crippen molar-refractivity contribution < 1.29 is 38.0 Å². The summed E-state index contributed by atoms with van der Waals surface area (Å²) in [5.74, 6) is -0.984. The summed E-state index contributed by atoms with van der Waals surface area (Å²) in [7, 11) is 4.88. The van der Waals surface area contributed by atoms with E-state index in [2.05, 4.69) is 18.5 Å². The van der Waals surface area contributed by atoms with Crippen LogP contribution in [-0.4, -0.2) is 73.5 Å². The van der Waals surface area contributed by atoms with Crippen molar-refractivity contribution in [1.29, 1.82) is 0 Å². The van der Waals surface area contributed by atoms with Crippen molar-refractivity contribution in [3.63, 3.8) is 0 Å². The summed E-state index contributed by atoms with van der Waals surface area (Å²) in [5.41, 5.74) is -1.11. The molecule has 0 aromatic rings. The lowest BCUT2D eigenvalue weighted by atomic mass is 10.1. The quantitative estimate of drug-likeness (QED) is 0.182. The van der Waals surface area contributed by atoms with Crippen LogP contribution in [0.5, 0.6) is 0 Å². The summed E-state index contributed by atoms with van der Waals surface area (Å²) in [6.45, 7) is 15.0. The zero-order valence-electron chi connectivity index (χ0n) is 20.7. The van der Waals surface area contributed by atoms with Crippen LogP contribution in [0, 0.1) is 0 Å². The van der Waals surface area contributed by atoms with Crippen molar-refractivity contribution in [3.8, 4) is 0 Å². The Hall–Kier alpha value is -0.620. The maximum Gasteiger partial charge on any atom is 0.342 e. The van der Waals surface area contributed by atoms with Gasteiger partial charge in [-0.3, -0.25) is 0 Å². The normalized spacial score (nSPS) is 17.1. The van der Waals surface area contributed by atoms with Gasteiger partial charge in [0.1, 0.15) is 13.2 Å². The Morgan fingerprint density at radius 2 is 1.28 bits per heavy atom. The van der Waals surface area contributed by atoms with E-state index in [1.54, 1.807) is 32.9 Å². The predicted molar refractivity (Wildman–Crippen MR) is 131 cm³/mol. The highest BCUT2D eigenvalue weighted by molar-refractivity contribution is 7.20. The van der Waals surface area contributed by atoms with Crippen LogP contribution in [0.15, 0.2) is 12.2 Å². The van der Waals surface area contributed by atoms with Crippen LogP contribution >= 0.6 is 18.5 Å². The zero-order valence-corrected chi connectivity index (χ0v) is 23.0. The molecule has 0 spiro atoms. The average molecular weight is 497 g/mol. The third kappa shape index (κ3) is 14.5. The molecule has 0 saturated heterocycles. The van der Waals surface area contributed by atoms with Gasteiger partial charge in [-0.1, -0.05) is 21.4 Å². The van der Waals surface area contributed by atoms with Crippen molar-refractivity contribution in [2.45, 2.75) is 90.5 Å². The van der Waals surface area contributed by atoms with Crippen molar-refractivity contribution in [3.05, 3.63) is 12.2 Å². The van der Waals surface area contributed by atoms with E-state index in [-0.39, 0.29) is 50.6 Å². The first kappa shape index (κ1) is 31.4. The van der Waals surface area contributed by atoms with Gasteiger partial charge in [0.25, 0.3) is 0 Å². The van der Waals surface area contributed by atoms with Crippen molar-refractivity contribution >= 4 is 30.4 Å². The van der Waals surface area contributed by atoms with E-state index in [0.717, 1.165) is 0 Å². The summed E-state index contributed by atoms with van der Waals surface area (Å²) in [6, 6.07) is 0. The second kappa shape index (κ2) is 15.3. The first-order chi connectivity index (χ1) is 14.7. The number of hydrogen-bond donors (Lipinski definition) is 0. The molecule has 0 aliphatic heterocycles. The Balaban J connectivity index is 4.27. The Bertz CT molecular complexity index is 540. The van der Waals surface area contributed by atoms with Gasteiger partial charge < -0.3 is 28.4 Å². The summed E-state index contributed by atoms with van der Waals surface area (Å²) >= 11 is 0. The molecule has 10 heteroatoms. The number of hydrogen-bond acceptors (Lipinski definition) is 8. The monoisotopic (exact) mass is 496 g/mol. The number of esters is 2. The highest BCUT2D eigenvalue weighted by Gasteiger charge is 2.31. The van der Waals surface area contributed by atoms with Crippen LogP contribution in [0.2, 0.25) is 0 Å². The van der Waals surface area contributed by atoms with E-state index in [1.807, 2.05) is 34.6 Å². The lowest BCUT2D eigenvalue weighted by molar-refractivity contribution is -0.170. The molecule has 0 amide bonds. The fraction of sp³-hybridized carbons (Fsp3) is 0.818. The van der Waals surface area contributed by atoms with E-state index >= 15 is 0 Å². The smallest absolute Gasteiger partial charge is 0.342 e. The predicted octanol–water partition coefficient (Wildman–Crippen LogP) is 3.47. The lowest BCUT2D eigenvalue weighted by Crippen LogP contribution is -2.38.